The quantitative estimate of drug-likeness (QED) is 0.741. The normalized spacial score (nSPS) is 20.1. The number of para-hydroxylation sites is 1. The highest BCUT2D eigenvalue weighted by molar-refractivity contribution is 5.52. The predicted molar refractivity (Wildman–Crippen MR) is 60.4 cm³/mol. The van der Waals surface area contributed by atoms with Crippen LogP contribution < -0.4 is 5.01 Å². The summed E-state index contributed by atoms with van der Waals surface area (Å²) in [6, 6.07) is 8.23. The van der Waals surface area contributed by atoms with Crippen LogP contribution in [-0.2, 0) is 0 Å². The standard InChI is InChI=1S/C11H16N4/c1-4-14-10(3)15(13-12-14)11-8-6-5-7-9(11)2/h5-8,10H,4H2,1-3H3. The highest BCUT2D eigenvalue weighted by atomic mass is 15.8. The zero-order chi connectivity index (χ0) is 10.8. The van der Waals surface area contributed by atoms with E-state index in [4.69, 9.17) is 0 Å². The molecule has 0 radical (unpaired) electrons. The van der Waals surface area contributed by atoms with Crippen molar-refractivity contribution in [2.24, 2.45) is 10.4 Å². The molecule has 0 spiro atoms. The molecule has 1 heterocycles. The maximum atomic E-state index is 4.18. The van der Waals surface area contributed by atoms with Gasteiger partial charge >= 0.3 is 0 Å². The second kappa shape index (κ2) is 3.88. The Hall–Kier alpha value is -1.58. The van der Waals surface area contributed by atoms with Gasteiger partial charge in [0.05, 0.1) is 5.69 Å². The van der Waals surface area contributed by atoms with E-state index in [2.05, 4.69) is 43.4 Å². The molecule has 4 heteroatoms. The van der Waals surface area contributed by atoms with Gasteiger partial charge in [-0.25, -0.2) is 5.01 Å². The molecule has 1 aliphatic heterocycles. The summed E-state index contributed by atoms with van der Waals surface area (Å²) in [5.74, 6) is 0. The summed E-state index contributed by atoms with van der Waals surface area (Å²) in [5.41, 5.74) is 2.35. The predicted octanol–water partition coefficient (Wildman–Crippen LogP) is 2.77. The van der Waals surface area contributed by atoms with Gasteiger partial charge in [-0.05, 0) is 37.6 Å². The van der Waals surface area contributed by atoms with Crippen molar-refractivity contribution in [2.75, 3.05) is 11.6 Å². The molecule has 80 valence electrons. The van der Waals surface area contributed by atoms with Crippen LogP contribution in [0.2, 0.25) is 0 Å². The minimum Gasteiger partial charge on any atom is -0.253 e. The lowest BCUT2D eigenvalue weighted by Gasteiger charge is -2.24. The molecule has 0 aromatic heterocycles. The first kappa shape index (κ1) is 9.96. The molecule has 1 aromatic rings. The van der Waals surface area contributed by atoms with Crippen LogP contribution in [0.15, 0.2) is 34.7 Å². The third-order valence-electron chi connectivity index (χ3n) is 2.72. The van der Waals surface area contributed by atoms with Crippen molar-refractivity contribution in [1.82, 2.24) is 5.01 Å². The number of hydrogen-bond donors (Lipinski definition) is 0. The lowest BCUT2D eigenvalue weighted by Crippen LogP contribution is -2.35. The molecule has 0 amide bonds. The molecule has 2 rings (SSSR count). The SMILES string of the molecule is CCN1N=NN(c2ccccc2C)C1C. The van der Waals surface area contributed by atoms with Crippen molar-refractivity contribution in [3.05, 3.63) is 29.8 Å². The van der Waals surface area contributed by atoms with Gasteiger partial charge < -0.3 is 0 Å². The molecule has 1 unspecified atom stereocenters. The van der Waals surface area contributed by atoms with Crippen LogP contribution in [0, 0.1) is 6.92 Å². The Morgan fingerprint density at radius 1 is 1.27 bits per heavy atom. The summed E-state index contributed by atoms with van der Waals surface area (Å²) in [4.78, 5) is 0. The van der Waals surface area contributed by atoms with E-state index in [1.807, 2.05) is 22.2 Å². The third-order valence-corrected chi connectivity index (χ3v) is 2.72. The van der Waals surface area contributed by atoms with Gasteiger partial charge in [0.25, 0.3) is 0 Å². The molecule has 4 nitrogen and oxygen atoms in total. The van der Waals surface area contributed by atoms with Gasteiger partial charge in [-0.15, -0.1) is 0 Å². The maximum Gasteiger partial charge on any atom is 0.140 e. The van der Waals surface area contributed by atoms with Crippen LogP contribution in [0.3, 0.4) is 0 Å². The van der Waals surface area contributed by atoms with Crippen LogP contribution >= 0.6 is 0 Å². The molecule has 0 fully saturated rings. The molecule has 0 saturated heterocycles. The summed E-state index contributed by atoms with van der Waals surface area (Å²) in [6.45, 7) is 7.16. The lowest BCUT2D eigenvalue weighted by molar-refractivity contribution is 0.259. The number of aryl methyl sites for hydroxylation is 1. The van der Waals surface area contributed by atoms with Gasteiger partial charge in [0, 0.05) is 6.54 Å². The Labute approximate surface area is 90.2 Å². The Kier molecular flexibility index (Phi) is 2.58. The Balaban J connectivity index is 2.27. The first-order valence-corrected chi connectivity index (χ1v) is 5.27. The minimum atomic E-state index is 0.205. The van der Waals surface area contributed by atoms with E-state index in [1.165, 1.54) is 5.56 Å². The second-order valence-electron chi connectivity index (χ2n) is 3.70. The van der Waals surface area contributed by atoms with Gasteiger partial charge in [-0.2, -0.15) is 0 Å². The maximum absolute atomic E-state index is 4.18. The molecule has 0 aliphatic carbocycles. The van der Waals surface area contributed by atoms with Crippen LogP contribution in [0.5, 0.6) is 0 Å². The topological polar surface area (TPSA) is 31.2 Å². The van der Waals surface area contributed by atoms with Gasteiger partial charge in [0.2, 0.25) is 0 Å². The van der Waals surface area contributed by atoms with E-state index in [1.54, 1.807) is 0 Å². The Bertz CT molecular complexity index is 375. The molecular weight excluding hydrogens is 188 g/mol. The van der Waals surface area contributed by atoms with E-state index >= 15 is 0 Å². The molecule has 0 saturated carbocycles. The number of hydrogen-bond acceptors (Lipinski definition) is 4. The van der Waals surface area contributed by atoms with E-state index in [0.29, 0.717) is 0 Å². The minimum absolute atomic E-state index is 0.205. The van der Waals surface area contributed by atoms with Crippen molar-refractivity contribution in [3.63, 3.8) is 0 Å². The molecule has 0 bridgehead atoms. The summed E-state index contributed by atoms with van der Waals surface area (Å²) in [7, 11) is 0. The van der Waals surface area contributed by atoms with Crippen LogP contribution in [-0.4, -0.2) is 17.7 Å². The zero-order valence-corrected chi connectivity index (χ0v) is 9.38. The molecular formula is C11H16N4. The number of anilines is 1. The monoisotopic (exact) mass is 204 g/mol. The number of benzene rings is 1. The smallest absolute Gasteiger partial charge is 0.140 e. The average molecular weight is 204 g/mol. The lowest BCUT2D eigenvalue weighted by atomic mass is 10.2. The zero-order valence-electron chi connectivity index (χ0n) is 9.38. The van der Waals surface area contributed by atoms with E-state index in [9.17, 15) is 0 Å². The molecule has 15 heavy (non-hydrogen) atoms. The fraction of sp³-hybridized carbons (Fsp3) is 0.455. The molecule has 1 aromatic carbocycles. The highest BCUT2D eigenvalue weighted by Gasteiger charge is 2.25. The van der Waals surface area contributed by atoms with Crippen molar-refractivity contribution in [3.8, 4) is 0 Å². The Morgan fingerprint density at radius 3 is 2.60 bits per heavy atom. The van der Waals surface area contributed by atoms with Crippen molar-refractivity contribution >= 4 is 5.69 Å². The van der Waals surface area contributed by atoms with Crippen molar-refractivity contribution < 1.29 is 0 Å². The van der Waals surface area contributed by atoms with Crippen LogP contribution in [0.1, 0.15) is 19.4 Å². The van der Waals surface area contributed by atoms with Gasteiger partial charge in [-0.1, -0.05) is 23.4 Å². The molecule has 1 atom stereocenters. The van der Waals surface area contributed by atoms with Crippen LogP contribution in [0.4, 0.5) is 5.69 Å². The van der Waals surface area contributed by atoms with E-state index < -0.39 is 0 Å². The second-order valence-corrected chi connectivity index (χ2v) is 3.70. The first-order valence-electron chi connectivity index (χ1n) is 5.27. The fourth-order valence-corrected chi connectivity index (χ4v) is 1.77. The summed E-state index contributed by atoms with van der Waals surface area (Å²) in [6.07, 6.45) is 0.205. The summed E-state index contributed by atoms with van der Waals surface area (Å²) in [5, 5.41) is 12.2. The van der Waals surface area contributed by atoms with Crippen molar-refractivity contribution in [1.29, 1.82) is 0 Å². The average Bonchev–Trinajstić information content (AvgIpc) is 2.60. The van der Waals surface area contributed by atoms with Crippen LogP contribution in [0.25, 0.3) is 0 Å². The van der Waals surface area contributed by atoms with E-state index in [-0.39, 0.29) is 6.17 Å². The van der Waals surface area contributed by atoms with Gasteiger partial charge in [0.1, 0.15) is 6.17 Å². The fourth-order valence-electron chi connectivity index (χ4n) is 1.77. The van der Waals surface area contributed by atoms with E-state index in [0.717, 1.165) is 12.2 Å². The number of nitrogens with zero attached hydrogens (tertiary/aromatic N) is 4. The number of rotatable bonds is 2. The highest BCUT2D eigenvalue weighted by Crippen LogP contribution is 2.27. The Morgan fingerprint density at radius 2 is 2.00 bits per heavy atom. The van der Waals surface area contributed by atoms with Gasteiger partial charge in [-0.3, -0.25) is 5.01 Å². The molecule has 1 aliphatic rings. The van der Waals surface area contributed by atoms with Gasteiger partial charge in [0.15, 0.2) is 0 Å². The summed E-state index contributed by atoms with van der Waals surface area (Å²) >= 11 is 0. The first-order chi connectivity index (χ1) is 7.24. The molecule has 0 N–H and O–H groups in total. The van der Waals surface area contributed by atoms with Crippen molar-refractivity contribution in [2.45, 2.75) is 26.9 Å². The largest absolute Gasteiger partial charge is 0.253 e. The summed E-state index contributed by atoms with van der Waals surface area (Å²) < 4.78 is 0. The third kappa shape index (κ3) is 1.67.